The number of methoxy groups -OCH3 is 1. The SMILES string of the molecule is COc1cc(OCc2cc(F)ccc2C)cc(C(=N)N)c1. The molecule has 21 heavy (non-hydrogen) atoms. The number of nitrogens with one attached hydrogen (secondary N) is 1. The summed E-state index contributed by atoms with van der Waals surface area (Å²) in [7, 11) is 1.53. The van der Waals surface area contributed by atoms with E-state index in [-0.39, 0.29) is 18.3 Å². The Morgan fingerprint density at radius 2 is 1.90 bits per heavy atom. The summed E-state index contributed by atoms with van der Waals surface area (Å²) in [6.45, 7) is 2.12. The van der Waals surface area contributed by atoms with Crippen LogP contribution in [0.2, 0.25) is 0 Å². The minimum Gasteiger partial charge on any atom is -0.497 e. The molecule has 5 heteroatoms. The predicted molar refractivity (Wildman–Crippen MR) is 79.5 cm³/mol. The van der Waals surface area contributed by atoms with Crippen molar-refractivity contribution in [3.63, 3.8) is 0 Å². The first-order valence-electron chi connectivity index (χ1n) is 6.41. The van der Waals surface area contributed by atoms with Crippen LogP contribution < -0.4 is 15.2 Å². The molecule has 0 unspecified atom stereocenters. The van der Waals surface area contributed by atoms with Gasteiger partial charge in [-0.1, -0.05) is 6.07 Å². The first-order chi connectivity index (χ1) is 9.99. The van der Waals surface area contributed by atoms with Gasteiger partial charge < -0.3 is 15.2 Å². The fourth-order valence-corrected chi connectivity index (χ4v) is 1.89. The van der Waals surface area contributed by atoms with E-state index >= 15 is 0 Å². The molecule has 0 spiro atoms. The molecule has 0 aliphatic rings. The van der Waals surface area contributed by atoms with Gasteiger partial charge >= 0.3 is 0 Å². The molecule has 0 heterocycles. The number of aryl methyl sites for hydroxylation is 1. The average molecular weight is 288 g/mol. The smallest absolute Gasteiger partial charge is 0.124 e. The van der Waals surface area contributed by atoms with Gasteiger partial charge in [0.1, 0.15) is 29.8 Å². The van der Waals surface area contributed by atoms with E-state index in [0.717, 1.165) is 11.1 Å². The summed E-state index contributed by atoms with van der Waals surface area (Å²) >= 11 is 0. The van der Waals surface area contributed by atoms with Gasteiger partial charge in [-0.15, -0.1) is 0 Å². The number of benzene rings is 2. The van der Waals surface area contributed by atoms with Crippen LogP contribution in [-0.2, 0) is 6.61 Å². The number of hydrogen-bond donors (Lipinski definition) is 2. The molecule has 0 aliphatic carbocycles. The molecule has 0 radical (unpaired) electrons. The van der Waals surface area contributed by atoms with Crippen molar-refractivity contribution in [1.82, 2.24) is 0 Å². The minimum atomic E-state index is -0.297. The third-order valence-corrected chi connectivity index (χ3v) is 3.13. The maximum atomic E-state index is 13.2. The third kappa shape index (κ3) is 3.72. The zero-order valence-corrected chi connectivity index (χ0v) is 11.9. The maximum Gasteiger partial charge on any atom is 0.124 e. The molecule has 0 aliphatic heterocycles. The number of halogens is 1. The highest BCUT2D eigenvalue weighted by molar-refractivity contribution is 5.95. The second-order valence-corrected chi connectivity index (χ2v) is 4.67. The number of ether oxygens (including phenoxy) is 2. The van der Waals surface area contributed by atoms with E-state index in [1.807, 2.05) is 6.92 Å². The summed E-state index contributed by atoms with van der Waals surface area (Å²) in [6, 6.07) is 9.57. The van der Waals surface area contributed by atoms with E-state index in [9.17, 15) is 4.39 Å². The Bertz CT molecular complexity index is 671. The van der Waals surface area contributed by atoms with Gasteiger partial charge in [-0.2, -0.15) is 0 Å². The fourth-order valence-electron chi connectivity index (χ4n) is 1.89. The van der Waals surface area contributed by atoms with Crippen LogP contribution in [0.5, 0.6) is 11.5 Å². The van der Waals surface area contributed by atoms with E-state index in [4.69, 9.17) is 20.6 Å². The van der Waals surface area contributed by atoms with Crippen molar-refractivity contribution in [3.05, 3.63) is 58.9 Å². The zero-order valence-electron chi connectivity index (χ0n) is 11.9. The van der Waals surface area contributed by atoms with Crippen molar-refractivity contribution in [2.45, 2.75) is 13.5 Å². The molecule has 2 aromatic rings. The van der Waals surface area contributed by atoms with Crippen molar-refractivity contribution in [3.8, 4) is 11.5 Å². The van der Waals surface area contributed by atoms with E-state index < -0.39 is 0 Å². The molecule has 0 atom stereocenters. The molecule has 0 saturated heterocycles. The van der Waals surface area contributed by atoms with Crippen LogP contribution in [0.1, 0.15) is 16.7 Å². The van der Waals surface area contributed by atoms with Crippen LogP contribution in [0.4, 0.5) is 4.39 Å². The number of hydrogen-bond acceptors (Lipinski definition) is 3. The summed E-state index contributed by atoms with van der Waals surface area (Å²) in [5.74, 6) is 0.701. The Morgan fingerprint density at radius 3 is 2.57 bits per heavy atom. The number of amidine groups is 1. The molecule has 0 fully saturated rings. The molecular weight excluding hydrogens is 271 g/mol. The monoisotopic (exact) mass is 288 g/mol. The van der Waals surface area contributed by atoms with E-state index in [1.165, 1.54) is 19.2 Å². The molecule has 0 aromatic heterocycles. The van der Waals surface area contributed by atoms with Crippen LogP contribution in [0, 0.1) is 18.2 Å². The van der Waals surface area contributed by atoms with Crippen molar-refractivity contribution in [2.75, 3.05) is 7.11 Å². The molecule has 4 nitrogen and oxygen atoms in total. The molecule has 110 valence electrons. The number of nitrogens with two attached hydrogens (primary N) is 1. The predicted octanol–water partition coefficient (Wildman–Crippen LogP) is 3.01. The standard InChI is InChI=1S/C16H17FN2O2/c1-10-3-4-13(17)5-12(10)9-21-15-7-11(16(18)19)6-14(8-15)20-2/h3-8H,9H2,1-2H3,(H3,18,19). The van der Waals surface area contributed by atoms with Gasteiger partial charge in [0.15, 0.2) is 0 Å². The second kappa shape index (κ2) is 6.26. The van der Waals surface area contributed by atoms with Crippen molar-refractivity contribution in [2.24, 2.45) is 5.73 Å². The summed E-state index contributed by atoms with van der Waals surface area (Å²) in [6.07, 6.45) is 0. The lowest BCUT2D eigenvalue weighted by molar-refractivity contribution is 0.302. The van der Waals surface area contributed by atoms with Gasteiger partial charge in [0, 0.05) is 11.6 Å². The largest absolute Gasteiger partial charge is 0.497 e. The van der Waals surface area contributed by atoms with Crippen LogP contribution in [0.25, 0.3) is 0 Å². The van der Waals surface area contributed by atoms with E-state index in [2.05, 4.69) is 0 Å². The number of nitrogen functional groups attached to an aromatic ring is 1. The lowest BCUT2D eigenvalue weighted by Crippen LogP contribution is -2.11. The van der Waals surface area contributed by atoms with Gasteiger partial charge in [-0.05, 0) is 42.3 Å². The Hall–Kier alpha value is -2.56. The Morgan fingerprint density at radius 1 is 1.19 bits per heavy atom. The van der Waals surface area contributed by atoms with Crippen LogP contribution in [0.15, 0.2) is 36.4 Å². The lowest BCUT2D eigenvalue weighted by atomic mass is 10.1. The van der Waals surface area contributed by atoms with Crippen LogP contribution >= 0.6 is 0 Å². The second-order valence-electron chi connectivity index (χ2n) is 4.67. The molecule has 0 bridgehead atoms. The van der Waals surface area contributed by atoms with Gasteiger partial charge in [-0.25, -0.2) is 4.39 Å². The minimum absolute atomic E-state index is 0.0688. The van der Waals surface area contributed by atoms with Gasteiger partial charge in [0.05, 0.1) is 7.11 Å². The molecule has 2 aromatic carbocycles. The molecular formula is C16H17FN2O2. The highest BCUT2D eigenvalue weighted by atomic mass is 19.1. The Balaban J connectivity index is 2.21. The lowest BCUT2D eigenvalue weighted by Gasteiger charge is -2.11. The van der Waals surface area contributed by atoms with Gasteiger partial charge in [0.25, 0.3) is 0 Å². The summed E-state index contributed by atoms with van der Waals surface area (Å²) in [5, 5.41) is 7.48. The highest BCUT2D eigenvalue weighted by Gasteiger charge is 2.06. The molecule has 3 N–H and O–H groups in total. The molecule has 0 amide bonds. The first kappa shape index (κ1) is 14.8. The van der Waals surface area contributed by atoms with E-state index in [1.54, 1.807) is 24.3 Å². The third-order valence-electron chi connectivity index (χ3n) is 3.13. The Kier molecular flexibility index (Phi) is 4.42. The summed E-state index contributed by atoms with van der Waals surface area (Å²) < 4.78 is 24.1. The zero-order chi connectivity index (χ0) is 15.4. The summed E-state index contributed by atoms with van der Waals surface area (Å²) in [4.78, 5) is 0. The van der Waals surface area contributed by atoms with Crippen LogP contribution in [0.3, 0.4) is 0 Å². The van der Waals surface area contributed by atoms with Crippen molar-refractivity contribution in [1.29, 1.82) is 5.41 Å². The summed E-state index contributed by atoms with van der Waals surface area (Å²) in [5.41, 5.74) is 7.71. The topological polar surface area (TPSA) is 68.3 Å². The maximum absolute atomic E-state index is 13.2. The van der Waals surface area contributed by atoms with Crippen molar-refractivity contribution < 1.29 is 13.9 Å². The Labute approximate surface area is 122 Å². The average Bonchev–Trinajstić information content (AvgIpc) is 2.47. The van der Waals surface area contributed by atoms with Crippen LogP contribution in [-0.4, -0.2) is 12.9 Å². The molecule has 2 rings (SSSR count). The first-order valence-corrected chi connectivity index (χ1v) is 6.41. The number of rotatable bonds is 5. The van der Waals surface area contributed by atoms with E-state index in [0.29, 0.717) is 17.1 Å². The fraction of sp³-hybridized carbons (Fsp3) is 0.188. The van der Waals surface area contributed by atoms with Gasteiger partial charge in [0.2, 0.25) is 0 Å². The molecule has 0 saturated carbocycles. The van der Waals surface area contributed by atoms with Gasteiger partial charge in [-0.3, -0.25) is 5.41 Å². The highest BCUT2D eigenvalue weighted by Crippen LogP contribution is 2.24. The van der Waals surface area contributed by atoms with Crippen molar-refractivity contribution >= 4 is 5.84 Å². The quantitative estimate of drug-likeness (QED) is 0.656. The normalized spacial score (nSPS) is 10.2.